The molecular weight excluding hydrogens is 338 g/mol. The van der Waals surface area contributed by atoms with Crippen LogP contribution in [0.3, 0.4) is 0 Å². The zero-order valence-electron chi connectivity index (χ0n) is 15.6. The van der Waals surface area contributed by atoms with Crippen LogP contribution in [0.4, 0.5) is 5.82 Å². The third-order valence-electron chi connectivity index (χ3n) is 5.32. The molecule has 3 aromatic heterocycles. The number of rotatable bonds is 4. The normalized spacial score (nSPS) is 19.4. The number of imidazole rings is 1. The van der Waals surface area contributed by atoms with Crippen molar-refractivity contribution in [2.24, 2.45) is 10.4 Å². The second kappa shape index (κ2) is 6.16. The number of hydrogen-bond acceptors (Lipinski definition) is 5. The summed E-state index contributed by atoms with van der Waals surface area (Å²) in [6.07, 6.45) is 6.46. The Morgan fingerprint density at radius 3 is 2.96 bits per heavy atom. The van der Waals surface area contributed by atoms with Crippen molar-refractivity contribution in [3.05, 3.63) is 42.7 Å². The molecule has 1 aliphatic carbocycles. The van der Waals surface area contributed by atoms with Gasteiger partial charge in [0.2, 0.25) is 0 Å². The van der Waals surface area contributed by atoms with Gasteiger partial charge in [-0.05, 0) is 44.9 Å². The van der Waals surface area contributed by atoms with Crippen molar-refractivity contribution >= 4 is 17.2 Å². The van der Waals surface area contributed by atoms with Gasteiger partial charge in [0.15, 0.2) is 5.82 Å². The zero-order chi connectivity index (χ0) is 18.4. The molecule has 2 aliphatic rings. The molecule has 1 saturated carbocycles. The quantitative estimate of drug-likeness (QED) is 0.771. The molecule has 1 saturated heterocycles. The molecule has 1 aliphatic heterocycles. The molecule has 2 fully saturated rings. The molecule has 0 radical (unpaired) electrons. The van der Waals surface area contributed by atoms with Crippen LogP contribution in [0.5, 0.6) is 5.75 Å². The number of nitrogens with one attached hydrogen (secondary N) is 1. The van der Waals surface area contributed by atoms with Crippen LogP contribution in [-0.4, -0.2) is 39.3 Å². The minimum absolute atomic E-state index is 0.138. The molecule has 138 valence electrons. The molecule has 3 aromatic rings. The van der Waals surface area contributed by atoms with Gasteiger partial charge >= 0.3 is 0 Å². The summed E-state index contributed by atoms with van der Waals surface area (Å²) in [5, 5.41) is 3.45. The van der Waals surface area contributed by atoms with Gasteiger partial charge in [-0.1, -0.05) is 6.07 Å². The Morgan fingerprint density at radius 1 is 1.26 bits per heavy atom. The summed E-state index contributed by atoms with van der Waals surface area (Å²) in [4.78, 5) is 14.2. The highest BCUT2D eigenvalue weighted by Gasteiger charge is 2.50. The van der Waals surface area contributed by atoms with Crippen molar-refractivity contribution in [3.8, 4) is 17.1 Å². The maximum absolute atomic E-state index is 5.76. The highest BCUT2D eigenvalue weighted by atomic mass is 16.5. The van der Waals surface area contributed by atoms with E-state index in [4.69, 9.17) is 14.7 Å². The molecule has 4 heterocycles. The van der Waals surface area contributed by atoms with Crippen molar-refractivity contribution in [2.75, 3.05) is 13.1 Å². The zero-order valence-corrected chi connectivity index (χ0v) is 15.6. The second-order valence-electron chi connectivity index (χ2n) is 7.72. The van der Waals surface area contributed by atoms with Gasteiger partial charge in [-0.15, -0.1) is 0 Å². The van der Waals surface area contributed by atoms with Crippen LogP contribution < -0.4 is 10.1 Å². The van der Waals surface area contributed by atoms with E-state index in [1.54, 1.807) is 0 Å². The number of hydrogen-bond donors (Lipinski definition) is 1. The fraction of sp³-hybridized carbons (Fsp3) is 0.381. The average molecular weight is 361 g/mol. The number of fused-ring (bicyclic) bond motifs is 1. The number of aliphatic imine (C=N–C) groups is 1. The minimum Gasteiger partial charge on any atom is -0.491 e. The molecule has 1 spiro atoms. The number of nitrogens with zero attached hydrogens (tertiary/aromatic N) is 4. The van der Waals surface area contributed by atoms with Crippen LogP contribution in [0.1, 0.15) is 26.7 Å². The first kappa shape index (κ1) is 16.4. The molecule has 1 N–H and O–H groups in total. The molecule has 0 bridgehead atoms. The first-order valence-electron chi connectivity index (χ1n) is 9.53. The molecule has 5 rings (SSSR count). The molecular formula is C21H23N5O. The molecule has 27 heavy (non-hydrogen) atoms. The van der Waals surface area contributed by atoms with Gasteiger partial charge in [0.1, 0.15) is 11.4 Å². The molecule has 6 heteroatoms. The fourth-order valence-corrected chi connectivity index (χ4v) is 3.75. The van der Waals surface area contributed by atoms with E-state index in [1.165, 1.54) is 18.6 Å². The van der Waals surface area contributed by atoms with Gasteiger partial charge in [0.25, 0.3) is 0 Å². The van der Waals surface area contributed by atoms with E-state index in [0.29, 0.717) is 5.41 Å². The topological polar surface area (TPSA) is 63.8 Å². The van der Waals surface area contributed by atoms with E-state index in [-0.39, 0.29) is 6.10 Å². The third kappa shape index (κ3) is 3.00. The van der Waals surface area contributed by atoms with Crippen molar-refractivity contribution in [1.29, 1.82) is 0 Å². The molecule has 0 amide bonds. The van der Waals surface area contributed by atoms with E-state index in [2.05, 4.69) is 10.3 Å². The summed E-state index contributed by atoms with van der Waals surface area (Å²) in [5.74, 6) is 1.60. The summed E-state index contributed by atoms with van der Waals surface area (Å²) >= 11 is 0. The Morgan fingerprint density at radius 2 is 2.15 bits per heavy atom. The summed E-state index contributed by atoms with van der Waals surface area (Å²) in [6, 6.07) is 9.91. The van der Waals surface area contributed by atoms with Crippen molar-refractivity contribution in [2.45, 2.75) is 32.8 Å². The lowest BCUT2D eigenvalue weighted by Gasteiger charge is -2.10. The number of pyridine rings is 2. The average Bonchev–Trinajstić information content (AvgIpc) is 3.15. The molecule has 0 unspecified atom stereocenters. The molecule has 0 aromatic carbocycles. The smallest absolute Gasteiger partial charge is 0.152 e. The van der Waals surface area contributed by atoms with Crippen LogP contribution in [-0.2, 0) is 0 Å². The van der Waals surface area contributed by atoms with Crippen molar-refractivity contribution < 1.29 is 4.74 Å². The monoisotopic (exact) mass is 361 g/mol. The Kier molecular flexibility index (Phi) is 3.75. The van der Waals surface area contributed by atoms with Gasteiger partial charge in [-0.3, -0.25) is 4.40 Å². The first-order valence-corrected chi connectivity index (χ1v) is 9.53. The van der Waals surface area contributed by atoms with Crippen LogP contribution in [0.25, 0.3) is 17.0 Å². The highest BCUT2D eigenvalue weighted by Crippen LogP contribution is 2.49. The van der Waals surface area contributed by atoms with Crippen LogP contribution in [0.15, 0.2) is 47.7 Å². The van der Waals surface area contributed by atoms with Crippen molar-refractivity contribution in [1.82, 2.24) is 19.7 Å². The summed E-state index contributed by atoms with van der Waals surface area (Å²) < 4.78 is 7.80. The van der Waals surface area contributed by atoms with E-state index in [0.717, 1.165) is 41.7 Å². The lowest BCUT2D eigenvalue weighted by Crippen LogP contribution is -2.12. The predicted octanol–water partition coefficient (Wildman–Crippen LogP) is 3.64. The fourth-order valence-electron chi connectivity index (χ4n) is 3.75. The van der Waals surface area contributed by atoms with Crippen LogP contribution in [0.2, 0.25) is 0 Å². The first-order chi connectivity index (χ1) is 13.1. The maximum Gasteiger partial charge on any atom is 0.152 e. The Labute approximate surface area is 158 Å². The Hall–Kier alpha value is -2.73. The standard InChI is InChI=1S/C21H23N5O/c1-14(2)27-15-6-9-26-17(11-23-20(26)10-15)16-4-3-5-19(24-16)25-18-12-22-13-21(18)7-8-21/h3-6,9-11,14,22H,7-8,12-13H2,1-2H3. The number of aromatic nitrogens is 3. The predicted molar refractivity (Wildman–Crippen MR) is 106 cm³/mol. The van der Waals surface area contributed by atoms with E-state index < -0.39 is 0 Å². The van der Waals surface area contributed by atoms with E-state index >= 15 is 0 Å². The minimum atomic E-state index is 0.138. The van der Waals surface area contributed by atoms with Gasteiger partial charge < -0.3 is 10.1 Å². The van der Waals surface area contributed by atoms with E-state index in [1.807, 2.05) is 61.0 Å². The van der Waals surface area contributed by atoms with Crippen LogP contribution >= 0.6 is 0 Å². The molecule has 6 nitrogen and oxygen atoms in total. The Balaban J connectivity index is 1.49. The third-order valence-corrected chi connectivity index (χ3v) is 5.32. The SMILES string of the molecule is CC(C)Oc1ccn2c(-c3cccc(N=C4CNCC45CC5)n3)cnc2c1. The van der Waals surface area contributed by atoms with Gasteiger partial charge in [0, 0.05) is 36.5 Å². The lowest BCUT2D eigenvalue weighted by atomic mass is 10.0. The summed E-state index contributed by atoms with van der Waals surface area (Å²) in [6.45, 7) is 5.97. The van der Waals surface area contributed by atoms with E-state index in [9.17, 15) is 0 Å². The largest absolute Gasteiger partial charge is 0.491 e. The summed E-state index contributed by atoms with van der Waals surface area (Å²) in [7, 11) is 0. The molecule has 0 atom stereocenters. The van der Waals surface area contributed by atoms with Gasteiger partial charge in [-0.2, -0.15) is 0 Å². The van der Waals surface area contributed by atoms with Crippen LogP contribution in [0, 0.1) is 5.41 Å². The lowest BCUT2D eigenvalue weighted by molar-refractivity contribution is 0.242. The second-order valence-corrected chi connectivity index (χ2v) is 7.72. The highest BCUT2D eigenvalue weighted by molar-refractivity contribution is 5.97. The van der Waals surface area contributed by atoms with Crippen molar-refractivity contribution in [3.63, 3.8) is 0 Å². The van der Waals surface area contributed by atoms with Gasteiger partial charge in [-0.25, -0.2) is 15.0 Å². The summed E-state index contributed by atoms with van der Waals surface area (Å²) in [5.41, 5.74) is 4.24. The number of ether oxygens (including phenoxy) is 1. The Bertz CT molecular complexity index is 1030. The maximum atomic E-state index is 5.76. The van der Waals surface area contributed by atoms with Gasteiger partial charge in [0.05, 0.1) is 23.7 Å².